The molecule has 4 aliphatic carbocycles. The van der Waals surface area contributed by atoms with Gasteiger partial charge in [-0.05, 0) is 80.6 Å². The summed E-state index contributed by atoms with van der Waals surface area (Å²) in [4.78, 5) is 50.5. The Morgan fingerprint density at radius 2 is 1.69 bits per heavy atom. The van der Waals surface area contributed by atoms with Crippen LogP contribution in [0.15, 0.2) is 34.4 Å². The van der Waals surface area contributed by atoms with Gasteiger partial charge in [-0.25, -0.2) is 4.79 Å². The van der Waals surface area contributed by atoms with Crippen molar-refractivity contribution in [2.75, 3.05) is 0 Å². The van der Waals surface area contributed by atoms with Crippen molar-refractivity contribution in [1.29, 1.82) is 0 Å². The maximum Gasteiger partial charge on any atom is 0.330 e. The second-order valence-corrected chi connectivity index (χ2v) is 12.6. The minimum atomic E-state index is -0.992. The summed E-state index contributed by atoms with van der Waals surface area (Å²) < 4.78 is 0. The van der Waals surface area contributed by atoms with E-state index in [0.717, 1.165) is 30.4 Å². The van der Waals surface area contributed by atoms with Crippen LogP contribution >= 0.6 is 0 Å². The van der Waals surface area contributed by atoms with E-state index >= 15 is 0 Å². The zero-order valence-electron chi connectivity index (χ0n) is 22.3. The third-order valence-electron chi connectivity index (χ3n) is 10.5. The number of fused-ring (bicyclic) bond motifs is 3. The highest BCUT2D eigenvalue weighted by Gasteiger charge is 2.64. The van der Waals surface area contributed by atoms with Gasteiger partial charge >= 0.3 is 5.97 Å². The number of Topliss-reactive ketones (excluding diaryl/α,β-unsaturated/α-hetero) is 3. The average Bonchev–Trinajstić information content (AvgIpc) is 3.29. The number of rotatable bonds is 4. The van der Waals surface area contributed by atoms with Crippen LogP contribution in [0.5, 0.6) is 0 Å². The Kier molecular flexibility index (Phi) is 6.18. The number of ketones is 3. The predicted molar refractivity (Wildman–Crippen MR) is 135 cm³/mol. The van der Waals surface area contributed by atoms with Crippen LogP contribution in [0.1, 0.15) is 87.0 Å². The number of hydrogen-bond donors (Lipinski definition) is 1. The molecule has 0 aromatic carbocycles. The molecule has 0 aromatic rings. The Bertz CT molecular complexity index is 1100. The zero-order chi connectivity index (χ0) is 26.1. The molecule has 0 saturated heterocycles. The van der Waals surface area contributed by atoms with Crippen molar-refractivity contribution in [1.82, 2.24) is 0 Å². The first-order chi connectivity index (χ1) is 16.2. The largest absolute Gasteiger partial charge is 0.478 e. The number of carbonyl (C=O) groups excluding carboxylic acids is 3. The van der Waals surface area contributed by atoms with Crippen LogP contribution in [0, 0.1) is 39.9 Å². The van der Waals surface area contributed by atoms with E-state index in [2.05, 4.69) is 27.7 Å². The molecule has 3 saturated carbocycles. The van der Waals surface area contributed by atoms with E-state index in [1.54, 1.807) is 13.0 Å². The number of carbonyl (C=O) groups is 4. The molecule has 0 aromatic heterocycles. The van der Waals surface area contributed by atoms with Crippen molar-refractivity contribution in [3.05, 3.63) is 34.4 Å². The fourth-order valence-electron chi connectivity index (χ4n) is 8.70. The molecule has 0 bridgehead atoms. The van der Waals surface area contributed by atoms with E-state index < -0.39 is 5.97 Å². The fourth-order valence-corrected chi connectivity index (χ4v) is 8.70. The quantitative estimate of drug-likeness (QED) is 0.507. The standard InChI is InChI=1S/C30H40O5/c1-16(27(34)35)14-21-19(8-9-20(21)18(3)31)17(2)26-22(32)15-24-29(6)13-11-25(33)28(4,5)23(29)10-12-30(24,26)7/h9,14,19,21,23-24H,8,10-13,15H2,1-7H3,(H,34,35)/b16-14+,26-17-/t19-,21+,23?,24-,29-,30-/m0/s1. The van der Waals surface area contributed by atoms with Crippen molar-refractivity contribution >= 4 is 23.3 Å². The summed E-state index contributed by atoms with van der Waals surface area (Å²) in [5.74, 6) is -0.458. The highest BCUT2D eigenvalue weighted by atomic mass is 16.4. The SMILES string of the molecule is CC(=O)C1=CC[C@@H](/C(C)=C2/C(=O)C[C@H]3[C@@]4(C)CCC(=O)C(C)(C)C4CC[C@]23C)[C@H]1/C=C(\C)C(=O)O. The highest BCUT2D eigenvalue weighted by Crippen LogP contribution is 2.69. The maximum atomic E-state index is 13.7. The monoisotopic (exact) mass is 480 g/mol. The van der Waals surface area contributed by atoms with Gasteiger partial charge in [0.05, 0.1) is 0 Å². The average molecular weight is 481 g/mol. The van der Waals surface area contributed by atoms with Crippen molar-refractivity contribution in [2.24, 2.45) is 39.9 Å². The van der Waals surface area contributed by atoms with Gasteiger partial charge in [-0.15, -0.1) is 0 Å². The topological polar surface area (TPSA) is 88.5 Å². The second-order valence-electron chi connectivity index (χ2n) is 12.6. The molecule has 0 aliphatic heterocycles. The van der Waals surface area contributed by atoms with E-state index in [9.17, 15) is 24.3 Å². The molecule has 4 aliphatic rings. The van der Waals surface area contributed by atoms with Gasteiger partial charge in [-0.2, -0.15) is 0 Å². The van der Waals surface area contributed by atoms with E-state index in [4.69, 9.17) is 0 Å². The van der Waals surface area contributed by atoms with E-state index in [-0.39, 0.29) is 57.1 Å². The summed E-state index contributed by atoms with van der Waals surface area (Å²) in [6.07, 6.45) is 7.99. The summed E-state index contributed by atoms with van der Waals surface area (Å²) in [7, 11) is 0. The third-order valence-corrected chi connectivity index (χ3v) is 10.5. The molecule has 0 amide bonds. The van der Waals surface area contributed by atoms with Crippen molar-refractivity contribution in [3.63, 3.8) is 0 Å². The maximum absolute atomic E-state index is 13.7. The van der Waals surface area contributed by atoms with Crippen molar-refractivity contribution in [3.8, 4) is 0 Å². The number of hydrogen-bond acceptors (Lipinski definition) is 4. The summed E-state index contributed by atoms with van der Waals surface area (Å²) in [6, 6.07) is 0. The van der Waals surface area contributed by atoms with Gasteiger partial charge < -0.3 is 5.11 Å². The van der Waals surface area contributed by atoms with Gasteiger partial charge in [0.25, 0.3) is 0 Å². The predicted octanol–water partition coefficient (Wildman–Crippen LogP) is 5.89. The molecular weight excluding hydrogens is 440 g/mol. The lowest BCUT2D eigenvalue weighted by Crippen LogP contribution is -2.56. The first-order valence-electron chi connectivity index (χ1n) is 13.1. The molecule has 0 spiro atoms. The highest BCUT2D eigenvalue weighted by molar-refractivity contribution is 6.01. The summed E-state index contributed by atoms with van der Waals surface area (Å²) in [6.45, 7) is 13.9. The molecule has 1 N–H and O–H groups in total. The second kappa shape index (κ2) is 8.38. The Labute approximate surface area is 209 Å². The minimum Gasteiger partial charge on any atom is -0.478 e. The van der Waals surface area contributed by atoms with Gasteiger partial charge in [0, 0.05) is 35.3 Å². The molecule has 4 rings (SSSR count). The molecule has 1 unspecified atom stereocenters. The van der Waals surface area contributed by atoms with Crippen LogP contribution in [0.3, 0.4) is 0 Å². The molecular formula is C30H40O5. The summed E-state index contributed by atoms with van der Waals surface area (Å²) in [5, 5.41) is 9.48. The Balaban J connectivity index is 1.77. The molecule has 0 heterocycles. The van der Waals surface area contributed by atoms with Crippen LogP contribution < -0.4 is 0 Å². The van der Waals surface area contributed by atoms with Crippen molar-refractivity contribution in [2.45, 2.75) is 87.0 Å². The van der Waals surface area contributed by atoms with Gasteiger partial charge in [0.15, 0.2) is 11.6 Å². The van der Waals surface area contributed by atoms with Gasteiger partial charge in [0.1, 0.15) is 5.78 Å². The molecule has 35 heavy (non-hydrogen) atoms. The van der Waals surface area contributed by atoms with Crippen LogP contribution in [0.4, 0.5) is 0 Å². The van der Waals surface area contributed by atoms with E-state index in [1.165, 1.54) is 6.92 Å². The molecule has 6 atom stereocenters. The minimum absolute atomic E-state index is 0.0475. The van der Waals surface area contributed by atoms with Crippen molar-refractivity contribution < 1.29 is 24.3 Å². The van der Waals surface area contributed by atoms with Crippen LogP contribution in [-0.2, 0) is 19.2 Å². The lowest BCUT2D eigenvalue weighted by atomic mass is 9.43. The zero-order valence-corrected chi connectivity index (χ0v) is 22.3. The molecule has 3 fully saturated rings. The van der Waals surface area contributed by atoms with Gasteiger partial charge in [-0.3, -0.25) is 14.4 Å². The lowest BCUT2D eigenvalue weighted by Gasteiger charge is -2.60. The van der Waals surface area contributed by atoms with E-state index in [1.807, 2.05) is 13.0 Å². The fraction of sp³-hybridized carbons (Fsp3) is 0.667. The Morgan fingerprint density at radius 1 is 1.03 bits per heavy atom. The molecule has 5 nitrogen and oxygen atoms in total. The third kappa shape index (κ3) is 3.72. The van der Waals surface area contributed by atoms with E-state index in [0.29, 0.717) is 30.6 Å². The van der Waals surface area contributed by atoms with Gasteiger partial charge in [0.2, 0.25) is 0 Å². The Hall–Kier alpha value is -2.30. The Morgan fingerprint density at radius 3 is 2.29 bits per heavy atom. The summed E-state index contributed by atoms with van der Waals surface area (Å²) in [5.41, 5.74) is 2.08. The number of allylic oxidation sites excluding steroid dienone is 5. The molecule has 190 valence electrons. The van der Waals surface area contributed by atoms with Crippen LogP contribution in [-0.4, -0.2) is 28.4 Å². The first kappa shape index (κ1) is 25.8. The first-order valence-corrected chi connectivity index (χ1v) is 13.1. The van der Waals surface area contributed by atoms with Gasteiger partial charge in [-0.1, -0.05) is 45.4 Å². The summed E-state index contributed by atoms with van der Waals surface area (Å²) >= 11 is 0. The van der Waals surface area contributed by atoms with Crippen LogP contribution in [0.2, 0.25) is 0 Å². The number of carboxylic acids is 1. The number of aliphatic carboxylic acids is 1. The normalized spacial score (nSPS) is 40.2. The smallest absolute Gasteiger partial charge is 0.330 e. The lowest BCUT2D eigenvalue weighted by molar-refractivity contribution is -0.154. The number of carboxylic acid groups (broad SMARTS) is 1. The molecule has 0 radical (unpaired) electrons. The molecule has 5 heteroatoms. The van der Waals surface area contributed by atoms with Crippen LogP contribution in [0.25, 0.3) is 0 Å².